The van der Waals surface area contributed by atoms with Gasteiger partial charge in [-0.2, -0.15) is 12.7 Å². The van der Waals surface area contributed by atoms with Crippen molar-refractivity contribution in [1.29, 1.82) is 0 Å². The van der Waals surface area contributed by atoms with Gasteiger partial charge in [0.15, 0.2) is 0 Å². The van der Waals surface area contributed by atoms with Gasteiger partial charge >= 0.3 is 0 Å². The summed E-state index contributed by atoms with van der Waals surface area (Å²) < 4.78 is 8.21. The molecule has 0 saturated heterocycles. The molecule has 1 aliphatic heterocycles. The van der Waals surface area contributed by atoms with Crippen molar-refractivity contribution in [1.82, 2.24) is 19.3 Å². The van der Waals surface area contributed by atoms with Crippen molar-refractivity contribution in [3.8, 4) is 22.9 Å². The molecule has 0 amide bonds. The van der Waals surface area contributed by atoms with Crippen LogP contribution in [0.15, 0.2) is 61.1 Å². The summed E-state index contributed by atoms with van der Waals surface area (Å²) in [5.74, 6) is 1.18. The normalized spacial score (nSPS) is 13.0. The van der Waals surface area contributed by atoms with E-state index in [1.54, 1.807) is 6.20 Å². The third-order valence-electron chi connectivity index (χ3n) is 5.02. The average molecular weight is 590 g/mol. The number of hydrogen-bond donors (Lipinski definition) is 0. The smallest absolute Gasteiger partial charge is 0.0834 e. The number of fused-ring (bicyclic) bond motifs is 1. The maximum Gasteiger partial charge on any atom is 0.0834 e. The fraction of sp³-hybridized carbons (Fsp3) is 0.125. The Morgan fingerprint density at radius 1 is 1.00 bits per heavy atom. The predicted molar refractivity (Wildman–Crippen MR) is 116 cm³/mol. The molecule has 0 radical (unpaired) electrons. The first-order valence-electron chi connectivity index (χ1n) is 9.66. The first-order valence-corrected chi connectivity index (χ1v) is 9.66. The molecule has 7 heteroatoms. The quantitative estimate of drug-likeness (QED) is 0.322. The van der Waals surface area contributed by atoms with Crippen molar-refractivity contribution in [3.05, 3.63) is 91.3 Å². The second-order valence-electron chi connectivity index (χ2n) is 7.16. The van der Waals surface area contributed by atoms with Gasteiger partial charge in [-0.25, -0.2) is 4.98 Å². The Balaban J connectivity index is 0.00000231. The Hall–Kier alpha value is -3.11. The monoisotopic (exact) mass is 589 g/mol. The number of aryl methyl sites for hydroxylation is 2. The summed E-state index contributed by atoms with van der Waals surface area (Å²) in [6.45, 7) is 6.02. The van der Waals surface area contributed by atoms with E-state index in [9.17, 15) is 0 Å². The summed E-state index contributed by atoms with van der Waals surface area (Å²) in [6, 6.07) is 20.2. The van der Waals surface area contributed by atoms with E-state index < -0.39 is 0 Å². The average Bonchev–Trinajstić information content (AvgIpc) is 3.31. The van der Waals surface area contributed by atoms with Gasteiger partial charge in [-0.15, -0.1) is 30.0 Å². The van der Waals surface area contributed by atoms with Crippen LogP contribution in [0.1, 0.15) is 11.4 Å². The number of nitrogens with zero attached hydrogens (tertiary/aromatic N) is 5. The van der Waals surface area contributed by atoms with E-state index >= 15 is 0 Å². The Bertz CT molecular complexity index is 1250. The maximum absolute atomic E-state index is 6.15. The van der Waals surface area contributed by atoms with Gasteiger partial charge in [0.1, 0.15) is 0 Å². The number of pyridine rings is 2. The van der Waals surface area contributed by atoms with Crippen LogP contribution in [0.2, 0.25) is 0 Å². The summed E-state index contributed by atoms with van der Waals surface area (Å²) in [7, 11) is 1.98. The third-order valence-corrected chi connectivity index (χ3v) is 5.02. The molecular weight excluding hydrogens is 569 g/mol. The molecule has 4 aromatic rings. The molecule has 4 heterocycles. The largest absolute Gasteiger partial charge is 0.510 e. The zero-order valence-corrected chi connectivity index (χ0v) is 19.6. The number of rotatable bonds is 4. The van der Waals surface area contributed by atoms with E-state index in [0.29, 0.717) is 11.5 Å². The molecule has 0 saturated carbocycles. The van der Waals surface area contributed by atoms with Crippen molar-refractivity contribution in [2.24, 2.45) is 0 Å². The van der Waals surface area contributed by atoms with Crippen molar-refractivity contribution in [2.45, 2.75) is 13.8 Å². The number of aromatic nitrogens is 3. The van der Waals surface area contributed by atoms with Crippen LogP contribution in [0.5, 0.6) is 11.5 Å². The van der Waals surface area contributed by atoms with Crippen LogP contribution in [0.3, 0.4) is 0 Å². The zero-order valence-electron chi connectivity index (χ0n) is 17.3. The molecule has 1 aliphatic rings. The predicted octanol–water partition coefficient (Wildman–Crippen LogP) is 4.75. The Kier molecular flexibility index (Phi) is 5.83. The summed E-state index contributed by atoms with van der Waals surface area (Å²) in [5, 5.41) is 0. The molecule has 1 aromatic carbocycles. The van der Waals surface area contributed by atoms with Gasteiger partial charge in [0.25, 0.3) is 0 Å². The second-order valence-corrected chi connectivity index (χ2v) is 7.16. The van der Waals surface area contributed by atoms with Crippen LogP contribution >= 0.6 is 0 Å². The van der Waals surface area contributed by atoms with E-state index in [0.717, 1.165) is 34.1 Å². The van der Waals surface area contributed by atoms with Crippen molar-refractivity contribution in [3.63, 3.8) is 0 Å². The fourth-order valence-electron chi connectivity index (χ4n) is 3.44. The number of ether oxygens (including phenoxy) is 1. The third kappa shape index (κ3) is 4.08. The molecule has 3 aromatic heterocycles. The van der Waals surface area contributed by atoms with Gasteiger partial charge in [0.2, 0.25) is 0 Å². The molecule has 0 N–H and O–H groups in total. The molecule has 5 rings (SSSR count). The summed E-state index contributed by atoms with van der Waals surface area (Å²) in [4.78, 5) is 13.2. The van der Waals surface area contributed by atoms with Crippen molar-refractivity contribution < 1.29 is 25.8 Å². The van der Waals surface area contributed by atoms with E-state index in [1.165, 1.54) is 0 Å². The number of anilines is 1. The summed E-state index contributed by atoms with van der Waals surface area (Å²) in [6.07, 6.45) is 5.73. The molecule has 6 nitrogen and oxygen atoms in total. The fourth-order valence-corrected chi connectivity index (χ4v) is 3.44. The molecular formula is C24H20N5OPt-3. The van der Waals surface area contributed by atoms with Crippen LogP contribution in [0.4, 0.5) is 5.69 Å². The molecule has 0 spiro atoms. The van der Waals surface area contributed by atoms with Gasteiger partial charge in [-0.3, -0.25) is 0 Å². The number of benzene rings is 1. The van der Waals surface area contributed by atoms with Crippen LogP contribution in [-0.2, 0) is 21.1 Å². The van der Waals surface area contributed by atoms with Crippen LogP contribution < -0.4 is 9.64 Å². The van der Waals surface area contributed by atoms with Crippen molar-refractivity contribution in [2.75, 3.05) is 11.9 Å². The molecule has 0 atom stereocenters. The van der Waals surface area contributed by atoms with E-state index in [1.807, 2.05) is 92.2 Å². The standard InChI is InChI=1S/C24H20N5O.Pt/c1-17-18(2)29-23(22-9-4-5-10-25-22)14-21(15-24(29)26-17)30-20-8-6-7-19(13-20)28-12-11-27(3)16-28;/h4-12,15-16H,1-3H3;/q-3;. The zero-order chi connectivity index (χ0) is 20.7. The molecule has 0 fully saturated rings. The Morgan fingerprint density at radius 2 is 1.87 bits per heavy atom. The molecule has 0 aliphatic carbocycles. The molecule has 160 valence electrons. The first kappa shape index (κ1) is 21.1. The maximum atomic E-state index is 6.15. The molecule has 0 bridgehead atoms. The second kappa shape index (κ2) is 8.56. The molecule has 0 unspecified atom stereocenters. The van der Waals surface area contributed by atoms with Crippen LogP contribution in [-0.4, -0.2) is 26.3 Å². The topological polar surface area (TPSA) is 45.9 Å². The van der Waals surface area contributed by atoms with Crippen molar-refractivity contribution >= 4 is 11.3 Å². The Morgan fingerprint density at radius 3 is 2.61 bits per heavy atom. The SMILES string of the molecule is Cc1nc2cc(Oc3[c-]c(N4C=CN(C)[CH-]4)ccc3)[c-]c(-c3ccccn3)n2c1C.[Pt]. The summed E-state index contributed by atoms with van der Waals surface area (Å²) >= 11 is 0. The molecule has 31 heavy (non-hydrogen) atoms. The number of imidazole rings is 1. The minimum absolute atomic E-state index is 0. The first-order chi connectivity index (χ1) is 14.6. The Labute approximate surface area is 196 Å². The van der Waals surface area contributed by atoms with E-state index in [-0.39, 0.29) is 21.1 Å². The van der Waals surface area contributed by atoms with Gasteiger partial charge in [0.05, 0.1) is 11.3 Å². The number of hydrogen-bond acceptors (Lipinski definition) is 5. The van der Waals surface area contributed by atoms with Gasteiger partial charge in [0, 0.05) is 44.5 Å². The van der Waals surface area contributed by atoms with Gasteiger partial charge < -0.3 is 23.9 Å². The minimum Gasteiger partial charge on any atom is -0.510 e. The minimum atomic E-state index is 0. The van der Waals surface area contributed by atoms with Crippen LogP contribution in [0.25, 0.3) is 17.0 Å². The van der Waals surface area contributed by atoms with Crippen LogP contribution in [0, 0.1) is 32.6 Å². The van der Waals surface area contributed by atoms with Gasteiger partial charge in [-0.1, -0.05) is 18.2 Å². The van der Waals surface area contributed by atoms with E-state index in [4.69, 9.17) is 4.74 Å². The van der Waals surface area contributed by atoms with Gasteiger partial charge in [-0.05, 0) is 50.7 Å². The van der Waals surface area contributed by atoms with E-state index in [2.05, 4.69) is 26.5 Å². The summed E-state index contributed by atoms with van der Waals surface area (Å²) in [5.41, 5.74) is 5.34.